The molecule has 0 saturated carbocycles. The van der Waals surface area contributed by atoms with E-state index in [1.807, 2.05) is 0 Å². The van der Waals surface area contributed by atoms with Gasteiger partial charge in [0.25, 0.3) is 0 Å². The van der Waals surface area contributed by atoms with E-state index in [-0.39, 0.29) is 0 Å². The fourth-order valence-corrected chi connectivity index (χ4v) is 2.18. The first-order chi connectivity index (χ1) is 8.08. The number of hydrogen-bond donors (Lipinski definition) is 4. The molecular formula is C10H16N2O5. The number of hydrogen-bond acceptors (Lipinski definition) is 6. The normalized spacial score (nSPS) is 37.0. The van der Waals surface area contributed by atoms with Crippen LogP contribution < -0.4 is 10.6 Å². The maximum absolute atomic E-state index is 11.7. The van der Waals surface area contributed by atoms with Crippen molar-refractivity contribution >= 4 is 11.9 Å². The van der Waals surface area contributed by atoms with Gasteiger partial charge < -0.3 is 25.6 Å². The highest BCUT2D eigenvalue weighted by Gasteiger charge is 2.38. The number of aliphatic carboxylic acids is 1. The maximum Gasteiger partial charge on any atom is 0.324 e. The van der Waals surface area contributed by atoms with Crippen LogP contribution in [0.15, 0.2) is 0 Å². The van der Waals surface area contributed by atoms with Crippen molar-refractivity contribution in [2.45, 2.75) is 37.1 Å². The van der Waals surface area contributed by atoms with Crippen molar-refractivity contribution in [3.8, 4) is 0 Å². The second-order valence-corrected chi connectivity index (χ2v) is 4.38. The Balaban J connectivity index is 1.88. The minimum atomic E-state index is -1.01. The van der Waals surface area contributed by atoms with Crippen LogP contribution in [-0.2, 0) is 14.3 Å². The Morgan fingerprint density at radius 2 is 2.06 bits per heavy atom. The van der Waals surface area contributed by atoms with E-state index >= 15 is 0 Å². The highest BCUT2D eigenvalue weighted by Crippen LogP contribution is 2.15. The Bertz CT molecular complexity index is 322. The van der Waals surface area contributed by atoms with E-state index < -0.39 is 36.2 Å². The van der Waals surface area contributed by atoms with E-state index in [0.29, 0.717) is 25.9 Å². The number of aliphatic hydroxyl groups excluding tert-OH is 1. The number of rotatable bonds is 3. The SMILES string of the molecule is O=C(OC1CCN[C@@H]1C(=O)O)C1CC(O)CN1. The zero-order valence-corrected chi connectivity index (χ0v) is 9.26. The lowest BCUT2D eigenvalue weighted by Crippen LogP contribution is -2.43. The van der Waals surface area contributed by atoms with E-state index in [0.717, 1.165) is 0 Å². The van der Waals surface area contributed by atoms with Crippen LogP contribution in [0.1, 0.15) is 12.8 Å². The van der Waals surface area contributed by atoms with Crippen LogP contribution in [0.3, 0.4) is 0 Å². The molecule has 0 amide bonds. The summed E-state index contributed by atoms with van der Waals surface area (Å²) in [7, 11) is 0. The van der Waals surface area contributed by atoms with Gasteiger partial charge in [-0.25, -0.2) is 0 Å². The summed E-state index contributed by atoms with van der Waals surface area (Å²) >= 11 is 0. The fourth-order valence-electron chi connectivity index (χ4n) is 2.18. The van der Waals surface area contributed by atoms with Crippen molar-refractivity contribution in [2.24, 2.45) is 0 Å². The summed E-state index contributed by atoms with van der Waals surface area (Å²) in [6.07, 6.45) is -0.349. The van der Waals surface area contributed by atoms with Crippen molar-refractivity contribution < 1.29 is 24.5 Å². The average Bonchev–Trinajstić information content (AvgIpc) is 2.86. The van der Waals surface area contributed by atoms with E-state index in [1.165, 1.54) is 0 Å². The average molecular weight is 244 g/mol. The number of ether oxygens (including phenoxy) is 1. The summed E-state index contributed by atoms with van der Waals surface area (Å²) in [6.45, 7) is 0.890. The number of carboxylic acids is 1. The van der Waals surface area contributed by atoms with E-state index in [2.05, 4.69) is 10.6 Å². The van der Waals surface area contributed by atoms with Gasteiger partial charge in [0.1, 0.15) is 18.2 Å². The highest BCUT2D eigenvalue weighted by atomic mass is 16.5. The number of aliphatic hydroxyl groups is 1. The lowest BCUT2D eigenvalue weighted by atomic mass is 10.1. The van der Waals surface area contributed by atoms with E-state index in [4.69, 9.17) is 9.84 Å². The Morgan fingerprint density at radius 1 is 1.29 bits per heavy atom. The van der Waals surface area contributed by atoms with Crippen molar-refractivity contribution in [1.82, 2.24) is 10.6 Å². The Hall–Kier alpha value is -1.18. The lowest BCUT2D eigenvalue weighted by Gasteiger charge is -2.18. The molecular weight excluding hydrogens is 228 g/mol. The molecule has 4 N–H and O–H groups in total. The first kappa shape index (κ1) is 12.3. The third-order valence-electron chi connectivity index (χ3n) is 3.09. The first-order valence-electron chi connectivity index (χ1n) is 5.66. The molecule has 0 aromatic heterocycles. The van der Waals surface area contributed by atoms with Crippen molar-refractivity contribution in [2.75, 3.05) is 13.1 Å². The number of carboxylic acid groups (broad SMARTS) is 1. The fraction of sp³-hybridized carbons (Fsp3) is 0.800. The molecule has 4 atom stereocenters. The van der Waals surface area contributed by atoms with Gasteiger partial charge in [-0.1, -0.05) is 0 Å². The van der Waals surface area contributed by atoms with Crippen LogP contribution in [-0.4, -0.2) is 59.5 Å². The summed E-state index contributed by atoms with van der Waals surface area (Å²) in [4.78, 5) is 22.6. The van der Waals surface area contributed by atoms with Crippen molar-refractivity contribution in [3.63, 3.8) is 0 Å². The summed E-state index contributed by atoms with van der Waals surface area (Å²) < 4.78 is 5.16. The van der Waals surface area contributed by atoms with Crippen LogP contribution in [0.2, 0.25) is 0 Å². The van der Waals surface area contributed by atoms with Gasteiger partial charge in [0.15, 0.2) is 0 Å². The Kier molecular flexibility index (Phi) is 3.60. The molecule has 96 valence electrons. The number of nitrogens with one attached hydrogen (secondary N) is 2. The van der Waals surface area contributed by atoms with Crippen molar-refractivity contribution in [1.29, 1.82) is 0 Å². The number of esters is 1. The molecule has 2 heterocycles. The molecule has 0 aromatic carbocycles. The van der Waals surface area contributed by atoms with Gasteiger partial charge >= 0.3 is 11.9 Å². The lowest BCUT2D eigenvalue weighted by molar-refractivity contribution is -0.155. The van der Waals surface area contributed by atoms with Crippen LogP contribution in [0, 0.1) is 0 Å². The molecule has 2 aliphatic heterocycles. The van der Waals surface area contributed by atoms with Gasteiger partial charge in [0, 0.05) is 13.0 Å². The molecule has 2 saturated heterocycles. The molecule has 7 nitrogen and oxygen atoms in total. The third-order valence-corrected chi connectivity index (χ3v) is 3.09. The van der Waals surface area contributed by atoms with Crippen molar-refractivity contribution in [3.05, 3.63) is 0 Å². The highest BCUT2D eigenvalue weighted by molar-refractivity contribution is 5.79. The van der Waals surface area contributed by atoms with Gasteiger partial charge in [-0.3, -0.25) is 9.59 Å². The molecule has 2 rings (SSSR count). The minimum Gasteiger partial charge on any atom is -0.480 e. The Labute approximate surface area is 98.1 Å². The monoisotopic (exact) mass is 244 g/mol. The third kappa shape index (κ3) is 2.74. The quantitative estimate of drug-likeness (QED) is 0.428. The van der Waals surface area contributed by atoms with Crippen LogP contribution in [0.4, 0.5) is 0 Å². The maximum atomic E-state index is 11.7. The molecule has 2 fully saturated rings. The smallest absolute Gasteiger partial charge is 0.324 e. The summed E-state index contributed by atoms with van der Waals surface area (Å²) in [5, 5.41) is 23.8. The van der Waals surface area contributed by atoms with Crippen LogP contribution >= 0.6 is 0 Å². The van der Waals surface area contributed by atoms with Gasteiger partial charge in [-0.2, -0.15) is 0 Å². The van der Waals surface area contributed by atoms with Gasteiger partial charge in [-0.15, -0.1) is 0 Å². The molecule has 3 unspecified atom stereocenters. The summed E-state index contributed by atoms with van der Waals surface area (Å²) in [5.74, 6) is -1.50. The minimum absolute atomic E-state index is 0.316. The molecule has 0 aromatic rings. The largest absolute Gasteiger partial charge is 0.480 e. The molecule has 0 radical (unpaired) electrons. The standard InChI is InChI=1S/C10H16N2O5/c13-5-3-6(12-4-5)10(16)17-7-1-2-11-8(7)9(14)15/h5-8,11-13H,1-4H2,(H,14,15)/t5?,6?,7?,8-/m0/s1. The zero-order chi connectivity index (χ0) is 12.4. The second-order valence-electron chi connectivity index (χ2n) is 4.38. The molecule has 0 bridgehead atoms. The molecule has 0 spiro atoms. The molecule has 2 aliphatic rings. The van der Waals surface area contributed by atoms with E-state index in [1.54, 1.807) is 0 Å². The molecule has 0 aliphatic carbocycles. The number of β-amino-alcohol motifs (C(OH)–C–C–N with tert-alkyl or cyclic N) is 1. The predicted octanol–water partition coefficient (Wildman–Crippen LogP) is -1.93. The number of carbonyl (C=O) groups is 2. The second kappa shape index (κ2) is 4.99. The predicted molar refractivity (Wildman–Crippen MR) is 56.3 cm³/mol. The first-order valence-corrected chi connectivity index (χ1v) is 5.66. The topological polar surface area (TPSA) is 108 Å². The van der Waals surface area contributed by atoms with Gasteiger partial charge in [0.2, 0.25) is 0 Å². The molecule has 7 heteroatoms. The van der Waals surface area contributed by atoms with E-state index in [9.17, 15) is 14.7 Å². The summed E-state index contributed by atoms with van der Waals surface area (Å²) in [6, 6.07) is -1.36. The van der Waals surface area contributed by atoms with Crippen LogP contribution in [0.25, 0.3) is 0 Å². The zero-order valence-electron chi connectivity index (χ0n) is 9.26. The molecule has 17 heavy (non-hydrogen) atoms. The van der Waals surface area contributed by atoms with Gasteiger partial charge in [-0.05, 0) is 13.0 Å². The Morgan fingerprint density at radius 3 is 2.65 bits per heavy atom. The summed E-state index contributed by atoms with van der Waals surface area (Å²) in [5.41, 5.74) is 0. The van der Waals surface area contributed by atoms with Gasteiger partial charge in [0.05, 0.1) is 6.10 Å². The van der Waals surface area contributed by atoms with Crippen LogP contribution in [0.5, 0.6) is 0 Å². The number of carbonyl (C=O) groups excluding carboxylic acids is 1.